The third kappa shape index (κ3) is 6.66. The first kappa shape index (κ1) is 21.9. The molecule has 156 valence electrons. The van der Waals surface area contributed by atoms with Gasteiger partial charge in [-0.1, -0.05) is 6.07 Å². The van der Waals surface area contributed by atoms with E-state index in [1.54, 1.807) is 14.1 Å². The Morgan fingerprint density at radius 1 is 1.32 bits per heavy atom. The molecular weight excluding hydrogens is 380 g/mol. The van der Waals surface area contributed by atoms with Gasteiger partial charge in [-0.2, -0.15) is 13.2 Å². The monoisotopic (exact) mass is 404 g/mol. The molecule has 1 amide bonds. The average molecular weight is 404 g/mol. The minimum absolute atomic E-state index is 0.0203. The molecule has 1 aromatic carbocycles. The highest BCUT2D eigenvalue weighted by molar-refractivity contribution is 5.86. The van der Waals surface area contributed by atoms with Crippen LogP contribution < -0.4 is 10.6 Å². The first-order chi connectivity index (χ1) is 13.2. The summed E-state index contributed by atoms with van der Waals surface area (Å²) in [5, 5.41) is 5.79. The van der Waals surface area contributed by atoms with Crippen molar-refractivity contribution in [1.29, 1.82) is 0 Å². The fraction of sp³-hybridized carbons (Fsp3) is 0.556. The van der Waals surface area contributed by atoms with Gasteiger partial charge < -0.3 is 20.3 Å². The Hall–Kier alpha value is -2.36. The van der Waals surface area contributed by atoms with E-state index in [1.165, 1.54) is 4.90 Å². The van der Waals surface area contributed by atoms with Crippen molar-refractivity contribution in [2.45, 2.75) is 31.7 Å². The smallest absolute Gasteiger partial charge is 0.376 e. The van der Waals surface area contributed by atoms with Crippen molar-refractivity contribution < 1.29 is 27.1 Å². The number of guanidine groups is 1. The molecule has 1 atom stereocenters. The molecule has 1 aliphatic rings. The summed E-state index contributed by atoms with van der Waals surface area (Å²) >= 11 is 0. The molecule has 1 saturated heterocycles. The van der Waals surface area contributed by atoms with Crippen molar-refractivity contribution in [3.8, 4) is 0 Å². The van der Waals surface area contributed by atoms with Crippen molar-refractivity contribution in [3.63, 3.8) is 0 Å². The first-order valence-electron chi connectivity index (χ1n) is 8.86. The molecule has 1 aromatic rings. The minimum atomic E-state index is -4.69. The SMILES string of the molecule is CN(C)C(=O)CNC(=NCc1ccc(F)cc1C(F)(F)F)NCC1CCCO1. The van der Waals surface area contributed by atoms with Crippen LogP contribution in [0.15, 0.2) is 23.2 Å². The third-order valence-corrected chi connectivity index (χ3v) is 4.21. The molecule has 2 N–H and O–H groups in total. The summed E-state index contributed by atoms with van der Waals surface area (Å²) in [6, 6.07) is 2.47. The number of likely N-dealkylation sites (N-methyl/N-ethyl adjacent to an activating group) is 1. The summed E-state index contributed by atoms with van der Waals surface area (Å²) in [6.07, 6.45) is -2.90. The summed E-state index contributed by atoms with van der Waals surface area (Å²) in [6.45, 7) is 0.680. The summed E-state index contributed by atoms with van der Waals surface area (Å²) in [4.78, 5) is 17.3. The number of nitrogens with one attached hydrogen (secondary N) is 2. The van der Waals surface area contributed by atoms with E-state index in [0.717, 1.165) is 25.0 Å². The molecule has 1 unspecified atom stereocenters. The number of amides is 1. The predicted octanol–water partition coefficient (Wildman–Crippen LogP) is 2.15. The van der Waals surface area contributed by atoms with Gasteiger partial charge in [-0.25, -0.2) is 9.38 Å². The zero-order chi connectivity index (χ0) is 20.7. The number of carbonyl (C=O) groups is 1. The lowest BCUT2D eigenvalue weighted by molar-refractivity contribution is -0.138. The minimum Gasteiger partial charge on any atom is -0.376 e. The van der Waals surface area contributed by atoms with Crippen LogP contribution >= 0.6 is 0 Å². The van der Waals surface area contributed by atoms with E-state index in [9.17, 15) is 22.4 Å². The fourth-order valence-electron chi connectivity index (χ4n) is 2.62. The Labute approximate surface area is 160 Å². The van der Waals surface area contributed by atoms with Gasteiger partial charge in [0.1, 0.15) is 5.82 Å². The average Bonchev–Trinajstić information content (AvgIpc) is 3.14. The number of carbonyl (C=O) groups excluding carboxylic acids is 1. The van der Waals surface area contributed by atoms with Gasteiger partial charge in [0, 0.05) is 27.2 Å². The van der Waals surface area contributed by atoms with Crippen molar-refractivity contribution in [1.82, 2.24) is 15.5 Å². The Kier molecular flexibility index (Phi) is 7.61. The molecule has 1 aliphatic heterocycles. The summed E-state index contributed by atoms with van der Waals surface area (Å²) in [7, 11) is 3.18. The highest BCUT2D eigenvalue weighted by atomic mass is 19.4. The van der Waals surface area contributed by atoms with E-state index < -0.39 is 17.6 Å². The van der Waals surface area contributed by atoms with Crippen LogP contribution in [0.3, 0.4) is 0 Å². The number of alkyl halides is 3. The van der Waals surface area contributed by atoms with Gasteiger partial charge in [0.05, 0.1) is 24.8 Å². The molecule has 0 spiro atoms. The molecule has 0 saturated carbocycles. The molecule has 1 fully saturated rings. The quantitative estimate of drug-likeness (QED) is 0.433. The van der Waals surface area contributed by atoms with Crippen LogP contribution in [0.2, 0.25) is 0 Å². The Bertz CT molecular complexity index is 701. The third-order valence-electron chi connectivity index (χ3n) is 4.21. The van der Waals surface area contributed by atoms with Gasteiger partial charge in [-0.15, -0.1) is 0 Å². The molecule has 28 heavy (non-hydrogen) atoms. The van der Waals surface area contributed by atoms with E-state index >= 15 is 0 Å². The summed E-state index contributed by atoms with van der Waals surface area (Å²) in [5.74, 6) is -1.00. The maximum absolute atomic E-state index is 13.2. The molecule has 0 bridgehead atoms. The van der Waals surface area contributed by atoms with E-state index in [-0.39, 0.29) is 36.6 Å². The second-order valence-electron chi connectivity index (χ2n) is 6.62. The van der Waals surface area contributed by atoms with Crippen molar-refractivity contribution in [2.75, 3.05) is 33.8 Å². The highest BCUT2D eigenvalue weighted by Crippen LogP contribution is 2.32. The number of aliphatic imine (C=N–C) groups is 1. The van der Waals surface area contributed by atoms with Crippen LogP contribution in [0.4, 0.5) is 17.6 Å². The summed E-state index contributed by atoms with van der Waals surface area (Å²) < 4.78 is 58.1. The van der Waals surface area contributed by atoms with Crippen LogP contribution in [0, 0.1) is 5.82 Å². The molecule has 6 nitrogen and oxygen atoms in total. The second-order valence-corrected chi connectivity index (χ2v) is 6.62. The summed E-state index contributed by atoms with van der Waals surface area (Å²) in [5.41, 5.74) is -1.23. The normalized spacial score (nSPS) is 17.5. The lowest BCUT2D eigenvalue weighted by Crippen LogP contribution is -2.45. The number of benzene rings is 1. The molecule has 1 heterocycles. The van der Waals surface area contributed by atoms with Gasteiger partial charge in [-0.3, -0.25) is 4.79 Å². The number of halogens is 4. The van der Waals surface area contributed by atoms with E-state index in [0.29, 0.717) is 19.2 Å². The van der Waals surface area contributed by atoms with Crippen molar-refractivity contribution >= 4 is 11.9 Å². The fourth-order valence-corrected chi connectivity index (χ4v) is 2.62. The van der Waals surface area contributed by atoms with Crippen LogP contribution in [0.25, 0.3) is 0 Å². The molecule has 0 radical (unpaired) electrons. The Morgan fingerprint density at radius 3 is 2.68 bits per heavy atom. The standard InChI is InChI=1S/C18H24F4N4O2/c1-26(2)16(27)11-25-17(24-10-14-4-3-7-28-14)23-9-12-5-6-13(19)8-15(12)18(20,21)22/h5-6,8,14H,3-4,7,9-11H2,1-2H3,(H2,23,24,25). The van der Waals surface area contributed by atoms with E-state index in [4.69, 9.17) is 4.74 Å². The van der Waals surface area contributed by atoms with Gasteiger partial charge in [0.25, 0.3) is 0 Å². The number of nitrogens with zero attached hydrogens (tertiary/aromatic N) is 2. The maximum Gasteiger partial charge on any atom is 0.416 e. The molecular formula is C18H24F4N4O2. The molecule has 10 heteroatoms. The van der Waals surface area contributed by atoms with Crippen molar-refractivity contribution in [3.05, 3.63) is 35.1 Å². The topological polar surface area (TPSA) is 66.0 Å². The highest BCUT2D eigenvalue weighted by Gasteiger charge is 2.33. The second kappa shape index (κ2) is 9.72. The predicted molar refractivity (Wildman–Crippen MR) is 96.2 cm³/mol. The molecule has 0 aromatic heterocycles. The van der Waals surface area contributed by atoms with Gasteiger partial charge in [-0.05, 0) is 30.5 Å². The van der Waals surface area contributed by atoms with Gasteiger partial charge in [0.15, 0.2) is 5.96 Å². The lowest BCUT2D eigenvalue weighted by atomic mass is 10.1. The zero-order valence-electron chi connectivity index (χ0n) is 15.8. The van der Waals surface area contributed by atoms with E-state index in [1.807, 2.05) is 0 Å². The van der Waals surface area contributed by atoms with Crippen LogP contribution in [-0.4, -0.2) is 56.7 Å². The van der Waals surface area contributed by atoms with Crippen LogP contribution in [-0.2, 0) is 22.3 Å². The lowest BCUT2D eigenvalue weighted by Gasteiger charge is -2.17. The molecule has 0 aliphatic carbocycles. The van der Waals surface area contributed by atoms with Crippen LogP contribution in [0.5, 0.6) is 0 Å². The van der Waals surface area contributed by atoms with Crippen molar-refractivity contribution in [2.24, 2.45) is 4.99 Å². The van der Waals surface area contributed by atoms with Gasteiger partial charge in [0.2, 0.25) is 5.91 Å². The van der Waals surface area contributed by atoms with Gasteiger partial charge >= 0.3 is 6.18 Å². The largest absolute Gasteiger partial charge is 0.416 e. The Morgan fingerprint density at radius 2 is 2.07 bits per heavy atom. The first-order valence-corrected chi connectivity index (χ1v) is 8.86. The zero-order valence-corrected chi connectivity index (χ0v) is 15.8. The molecule has 2 rings (SSSR count). The number of hydrogen-bond donors (Lipinski definition) is 2. The van der Waals surface area contributed by atoms with E-state index in [2.05, 4.69) is 15.6 Å². The number of ether oxygens (including phenoxy) is 1. The maximum atomic E-state index is 13.2. The Balaban J connectivity index is 2.12. The number of rotatable bonds is 6. The number of hydrogen-bond acceptors (Lipinski definition) is 3. The van der Waals surface area contributed by atoms with Crippen LogP contribution in [0.1, 0.15) is 24.0 Å².